The van der Waals surface area contributed by atoms with Gasteiger partial charge >= 0.3 is 0 Å². The molecular weight excluding hydrogens is 447 g/mol. The molecule has 140 valence electrons. The van der Waals surface area contributed by atoms with Crippen LogP contribution in [0.2, 0.25) is 0 Å². The molecule has 2 rings (SSSR count). The third-order valence-electron chi connectivity index (χ3n) is 4.12. The fraction of sp³-hybridized carbons (Fsp3) is 0.556. The van der Waals surface area contributed by atoms with Crippen molar-refractivity contribution in [3.8, 4) is 0 Å². The van der Waals surface area contributed by atoms with Gasteiger partial charge in [0.25, 0.3) is 0 Å². The molecule has 0 aromatic heterocycles. The Hall–Kier alpha value is -0.960. The Morgan fingerprint density at radius 2 is 2.08 bits per heavy atom. The van der Waals surface area contributed by atoms with Crippen LogP contribution in [0.1, 0.15) is 36.7 Å². The van der Waals surface area contributed by atoms with Gasteiger partial charge in [0.05, 0.1) is 6.54 Å². The Kier molecular flexibility index (Phi) is 9.63. The third-order valence-corrected chi connectivity index (χ3v) is 5.66. The Balaban J connectivity index is 0.00000312. The molecule has 5 nitrogen and oxygen atoms in total. The lowest BCUT2D eigenvalue weighted by Gasteiger charge is -2.36. The highest BCUT2D eigenvalue weighted by atomic mass is 127. The van der Waals surface area contributed by atoms with Crippen molar-refractivity contribution in [1.82, 2.24) is 10.2 Å². The molecule has 3 N–H and O–H groups in total. The predicted molar refractivity (Wildman–Crippen MR) is 118 cm³/mol. The van der Waals surface area contributed by atoms with Crippen molar-refractivity contribution in [3.63, 3.8) is 0 Å². The van der Waals surface area contributed by atoms with Crippen molar-refractivity contribution in [2.45, 2.75) is 32.6 Å². The van der Waals surface area contributed by atoms with E-state index in [0.717, 1.165) is 36.9 Å². The molecule has 1 fully saturated rings. The summed E-state index contributed by atoms with van der Waals surface area (Å²) in [6, 6.07) is 7.34. The van der Waals surface area contributed by atoms with E-state index < -0.39 is 5.91 Å². The molecule has 1 heterocycles. The van der Waals surface area contributed by atoms with Gasteiger partial charge in [-0.25, -0.2) is 4.99 Å². The first kappa shape index (κ1) is 22.1. The summed E-state index contributed by atoms with van der Waals surface area (Å²) in [5, 5.41) is 4.05. The number of thioether (sulfide) groups is 1. The summed E-state index contributed by atoms with van der Waals surface area (Å²) >= 11 is 2.06. The number of nitrogens with zero attached hydrogens (tertiary/aromatic N) is 2. The number of halogens is 1. The SMILES string of the molecule is CCNC(=NCc1ccc(C(N)=O)cc1)N1CCSC(C(C)C)C1.I. The third kappa shape index (κ3) is 6.69. The topological polar surface area (TPSA) is 70.7 Å². The quantitative estimate of drug-likeness (QED) is 0.390. The molecule has 25 heavy (non-hydrogen) atoms. The smallest absolute Gasteiger partial charge is 0.248 e. The lowest BCUT2D eigenvalue weighted by Crippen LogP contribution is -2.49. The summed E-state index contributed by atoms with van der Waals surface area (Å²) in [5.74, 6) is 2.38. The van der Waals surface area contributed by atoms with Crippen LogP contribution in [0, 0.1) is 5.92 Å². The lowest BCUT2D eigenvalue weighted by molar-refractivity contribution is 0.100. The molecule has 1 saturated heterocycles. The number of hydrogen-bond acceptors (Lipinski definition) is 3. The minimum absolute atomic E-state index is 0. The Morgan fingerprint density at radius 3 is 2.64 bits per heavy atom. The average Bonchev–Trinajstić information content (AvgIpc) is 2.59. The van der Waals surface area contributed by atoms with Gasteiger partial charge in [-0.3, -0.25) is 4.79 Å². The number of amides is 1. The van der Waals surface area contributed by atoms with E-state index in [-0.39, 0.29) is 24.0 Å². The fourth-order valence-corrected chi connectivity index (χ4v) is 3.94. The van der Waals surface area contributed by atoms with Crippen LogP contribution in [0.4, 0.5) is 0 Å². The van der Waals surface area contributed by atoms with Crippen LogP contribution >= 0.6 is 35.7 Å². The molecule has 1 aromatic rings. The molecule has 1 unspecified atom stereocenters. The summed E-state index contributed by atoms with van der Waals surface area (Å²) in [7, 11) is 0. The molecule has 1 aliphatic rings. The largest absolute Gasteiger partial charge is 0.366 e. The first-order chi connectivity index (χ1) is 11.5. The maximum Gasteiger partial charge on any atom is 0.248 e. The highest BCUT2D eigenvalue weighted by Crippen LogP contribution is 2.24. The molecular formula is C18H29IN4OS. The molecule has 7 heteroatoms. The van der Waals surface area contributed by atoms with E-state index in [4.69, 9.17) is 10.7 Å². The molecule has 1 atom stereocenters. The molecule has 0 radical (unpaired) electrons. The van der Waals surface area contributed by atoms with E-state index >= 15 is 0 Å². The van der Waals surface area contributed by atoms with Gasteiger partial charge in [-0.05, 0) is 30.5 Å². The number of nitrogens with two attached hydrogens (primary N) is 1. The minimum atomic E-state index is -0.399. The van der Waals surface area contributed by atoms with Crippen molar-refractivity contribution in [2.75, 3.05) is 25.4 Å². The molecule has 1 aliphatic heterocycles. The van der Waals surface area contributed by atoms with Crippen molar-refractivity contribution < 1.29 is 4.79 Å². The summed E-state index contributed by atoms with van der Waals surface area (Å²) in [5.41, 5.74) is 6.88. The van der Waals surface area contributed by atoms with E-state index in [1.165, 1.54) is 0 Å². The first-order valence-corrected chi connectivity index (χ1v) is 9.59. The van der Waals surface area contributed by atoms with Crippen LogP contribution in [0.3, 0.4) is 0 Å². The number of carbonyl (C=O) groups excluding carboxylic acids is 1. The molecule has 0 aliphatic carbocycles. The van der Waals surface area contributed by atoms with Crippen LogP contribution < -0.4 is 11.1 Å². The van der Waals surface area contributed by atoms with E-state index in [9.17, 15) is 4.79 Å². The van der Waals surface area contributed by atoms with E-state index in [0.29, 0.717) is 23.3 Å². The zero-order valence-electron chi connectivity index (χ0n) is 15.2. The second kappa shape index (κ2) is 10.9. The number of aliphatic imine (C=N–C) groups is 1. The van der Waals surface area contributed by atoms with Gasteiger partial charge < -0.3 is 16.0 Å². The number of primary amides is 1. The van der Waals surface area contributed by atoms with Gasteiger partial charge in [-0.15, -0.1) is 24.0 Å². The summed E-state index contributed by atoms with van der Waals surface area (Å²) < 4.78 is 0. The maximum absolute atomic E-state index is 11.1. The second-order valence-corrected chi connectivity index (χ2v) is 7.68. The van der Waals surface area contributed by atoms with Gasteiger partial charge in [0.1, 0.15) is 0 Å². The van der Waals surface area contributed by atoms with Crippen molar-refractivity contribution in [3.05, 3.63) is 35.4 Å². The van der Waals surface area contributed by atoms with Gasteiger partial charge in [-0.1, -0.05) is 26.0 Å². The first-order valence-electron chi connectivity index (χ1n) is 8.54. The zero-order chi connectivity index (χ0) is 17.5. The van der Waals surface area contributed by atoms with Gasteiger partial charge in [0.15, 0.2) is 5.96 Å². The number of rotatable bonds is 5. The van der Waals surface area contributed by atoms with Crippen LogP contribution in [0.25, 0.3) is 0 Å². The molecule has 0 saturated carbocycles. The van der Waals surface area contributed by atoms with Gasteiger partial charge in [0.2, 0.25) is 5.91 Å². The predicted octanol–water partition coefficient (Wildman–Crippen LogP) is 2.94. The highest BCUT2D eigenvalue weighted by molar-refractivity contribution is 14.0. The number of nitrogens with one attached hydrogen (secondary N) is 1. The summed E-state index contributed by atoms with van der Waals surface area (Å²) in [4.78, 5) is 18.3. The second-order valence-electron chi connectivity index (χ2n) is 6.33. The Bertz CT molecular complexity index is 577. The molecule has 0 spiro atoms. The standard InChI is InChI=1S/C18H28N4OS.HI/c1-4-20-18(22-9-10-24-16(12-22)13(2)3)21-11-14-5-7-15(8-6-14)17(19)23;/h5-8,13,16H,4,9-12H2,1-3H3,(H2,19,23)(H,20,21);1H. The number of hydrogen-bond donors (Lipinski definition) is 2. The van der Waals surface area contributed by atoms with Crippen molar-refractivity contribution in [1.29, 1.82) is 0 Å². The van der Waals surface area contributed by atoms with Crippen molar-refractivity contribution >= 4 is 47.6 Å². The molecule has 1 aromatic carbocycles. The number of carbonyl (C=O) groups is 1. The average molecular weight is 476 g/mol. The number of benzene rings is 1. The Labute approximate surface area is 172 Å². The van der Waals surface area contributed by atoms with Gasteiger partial charge in [-0.2, -0.15) is 11.8 Å². The van der Waals surface area contributed by atoms with Crippen molar-refractivity contribution in [2.24, 2.45) is 16.6 Å². The van der Waals surface area contributed by atoms with Crippen LogP contribution in [0.15, 0.2) is 29.3 Å². The van der Waals surface area contributed by atoms with Gasteiger partial charge in [0, 0.05) is 36.2 Å². The normalized spacial score (nSPS) is 18.0. The maximum atomic E-state index is 11.1. The van der Waals surface area contributed by atoms with E-state index in [1.54, 1.807) is 12.1 Å². The molecule has 1 amide bonds. The lowest BCUT2D eigenvalue weighted by atomic mass is 10.1. The monoisotopic (exact) mass is 476 g/mol. The zero-order valence-corrected chi connectivity index (χ0v) is 18.3. The van der Waals surface area contributed by atoms with E-state index in [1.807, 2.05) is 12.1 Å². The summed E-state index contributed by atoms with van der Waals surface area (Å²) in [6.45, 7) is 10.2. The number of guanidine groups is 1. The Morgan fingerprint density at radius 1 is 1.40 bits per heavy atom. The van der Waals surface area contributed by atoms with E-state index in [2.05, 4.69) is 42.7 Å². The van der Waals surface area contributed by atoms with Crippen LogP contribution in [-0.2, 0) is 6.54 Å². The highest BCUT2D eigenvalue weighted by Gasteiger charge is 2.24. The van der Waals surface area contributed by atoms with Crippen LogP contribution in [-0.4, -0.2) is 47.4 Å². The molecule has 0 bridgehead atoms. The minimum Gasteiger partial charge on any atom is -0.366 e. The van der Waals surface area contributed by atoms with Crippen LogP contribution in [0.5, 0.6) is 0 Å². The summed E-state index contributed by atoms with van der Waals surface area (Å²) in [6.07, 6.45) is 0. The fourth-order valence-electron chi connectivity index (χ4n) is 2.64.